The highest BCUT2D eigenvalue weighted by Crippen LogP contribution is 2.29. The van der Waals surface area contributed by atoms with E-state index in [4.69, 9.17) is 0 Å². The minimum Gasteiger partial charge on any atom is -0.324 e. The minimum atomic E-state index is -0.329. The summed E-state index contributed by atoms with van der Waals surface area (Å²) in [6.45, 7) is 1.49. The zero-order chi connectivity index (χ0) is 20.2. The van der Waals surface area contributed by atoms with Crippen LogP contribution in [0.5, 0.6) is 0 Å². The van der Waals surface area contributed by atoms with Gasteiger partial charge in [0, 0.05) is 18.4 Å². The van der Waals surface area contributed by atoms with Gasteiger partial charge in [-0.3, -0.25) is 19.8 Å². The lowest BCUT2D eigenvalue weighted by Gasteiger charge is -2.17. The molecule has 8 heteroatoms. The summed E-state index contributed by atoms with van der Waals surface area (Å²) < 4.78 is 0. The number of anilines is 3. The van der Waals surface area contributed by atoms with Crippen molar-refractivity contribution >= 4 is 57.0 Å². The van der Waals surface area contributed by atoms with Gasteiger partial charge >= 0.3 is 0 Å². The van der Waals surface area contributed by atoms with Crippen molar-refractivity contribution in [2.24, 2.45) is 0 Å². The molecule has 4 aromatic rings. The van der Waals surface area contributed by atoms with E-state index in [1.54, 1.807) is 11.5 Å². The maximum absolute atomic E-state index is 12.2. The molecule has 0 bridgehead atoms. The van der Waals surface area contributed by atoms with Gasteiger partial charge in [0.05, 0.1) is 22.4 Å². The van der Waals surface area contributed by atoms with Crippen molar-refractivity contribution in [1.29, 1.82) is 0 Å². The van der Waals surface area contributed by atoms with Crippen LogP contribution in [-0.2, 0) is 9.59 Å². The van der Waals surface area contributed by atoms with Gasteiger partial charge in [-0.15, -0.1) is 11.3 Å². The molecule has 0 saturated heterocycles. The zero-order valence-corrected chi connectivity index (χ0v) is 16.3. The van der Waals surface area contributed by atoms with Crippen molar-refractivity contribution in [3.63, 3.8) is 0 Å². The molecule has 4 rings (SSSR count). The number of nitrogens with one attached hydrogen (secondary N) is 2. The Balaban J connectivity index is 1.47. The molecule has 0 aliphatic carbocycles. The van der Waals surface area contributed by atoms with Gasteiger partial charge in [-0.25, -0.2) is 9.97 Å². The number of para-hydroxylation sites is 3. The van der Waals surface area contributed by atoms with Crippen molar-refractivity contribution in [2.75, 3.05) is 10.2 Å². The second-order valence-electron chi connectivity index (χ2n) is 6.17. The van der Waals surface area contributed by atoms with E-state index in [0.29, 0.717) is 16.8 Å². The number of imidazole rings is 1. The summed E-state index contributed by atoms with van der Waals surface area (Å²) in [6.07, 6.45) is 2.98. The smallest absolute Gasteiger partial charge is 0.250 e. The summed E-state index contributed by atoms with van der Waals surface area (Å²) in [5, 5.41) is 5.03. The van der Waals surface area contributed by atoms with Gasteiger partial charge in [-0.2, -0.15) is 0 Å². The predicted octanol–water partition coefficient (Wildman–Crippen LogP) is 4.36. The first kappa shape index (κ1) is 18.6. The van der Waals surface area contributed by atoms with E-state index < -0.39 is 0 Å². The van der Waals surface area contributed by atoms with Crippen LogP contribution in [0.25, 0.3) is 17.1 Å². The Morgan fingerprint density at radius 1 is 1.07 bits per heavy atom. The van der Waals surface area contributed by atoms with Crippen molar-refractivity contribution in [1.82, 2.24) is 15.0 Å². The van der Waals surface area contributed by atoms with Crippen LogP contribution in [0.4, 0.5) is 16.8 Å². The fourth-order valence-electron chi connectivity index (χ4n) is 2.79. The highest BCUT2D eigenvalue weighted by molar-refractivity contribution is 7.14. The first-order valence-electron chi connectivity index (χ1n) is 8.85. The molecule has 0 aliphatic rings. The number of nitrogens with zero attached hydrogens (tertiary/aromatic N) is 3. The average molecular weight is 403 g/mol. The molecule has 2 aromatic carbocycles. The first-order chi connectivity index (χ1) is 14.1. The third-order valence-electron chi connectivity index (χ3n) is 4.07. The predicted molar refractivity (Wildman–Crippen MR) is 115 cm³/mol. The Hall–Kier alpha value is -3.78. The van der Waals surface area contributed by atoms with Gasteiger partial charge in [-0.1, -0.05) is 30.3 Å². The molecule has 0 unspecified atom stereocenters. The first-order valence-corrected chi connectivity index (χ1v) is 9.73. The van der Waals surface area contributed by atoms with E-state index in [2.05, 4.69) is 20.3 Å². The number of carbonyl (C=O) groups is 2. The fourth-order valence-corrected chi connectivity index (χ4v) is 3.65. The van der Waals surface area contributed by atoms with Gasteiger partial charge in [0.25, 0.3) is 5.91 Å². The second-order valence-corrected chi connectivity index (χ2v) is 7.01. The second kappa shape index (κ2) is 8.07. The molecule has 2 amide bonds. The summed E-state index contributed by atoms with van der Waals surface area (Å²) in [5.74, 6) is -0.0829. The number of aromatic nitrogens is 3. The van der Waals surface area contributed by atoms with E-state index in [-0.39, 0.29) is 11.8 Å². The van der Waals surface area contributed by atoms with Crippen molar-refractivity contribution in [3.8, 4) is 0 Å². The quantitative estimate of drug-likeness (QED) is 0.485. The fraction of sp³-hybridized carbons (Fsp3) is 0.0476. The summed E-state index contributed by atoms with van der Waals surface area (Å²) in [6, 6.07) is 16.8. The molecule has 0 fully saturated rings. The number of carbonyl (C=O) groups excluding carboxylic acids is 2. The molecular formula is C21H17N5O2S. The summed E-state index contributed by atoms with van der Waals surface area (Å²) in [7, 11) is 0. The number of benzene rings is 2. The monoisotopic (exact) mass is 403 g/mol. The highest BCUT2D eigenvalue weighted by atomic mass is 32.1. The molecule has 7 nitrogen and oxygen atoms in total. The standard InChI is InChI=1S/C21H17N5O2S/c1-14(27)26(16-7-3-2-4-8-16)21-22-15(13-29-21)11-12-19(28)25-20-23-17-9-5-6-10-18(17)24-20/h2-13H,1H3,(H2,23,24,25,28). The number of hydrogen-bond acceptors (Lipinski definition) is 5. The molecule has 2 aromatic heterocycles. The number of rotatable bonds is 5. The van der Waals surface area contributed by atoms with Crippen LogP contribution >= 0.6 is 11.3 Å². The van der Waals surface area contributed by atoms with Gasteiger partial charge in [0.1, 0.15) is 0 Å². The SMILES string of the molecule is CC(=O)N(c1ccccc1)c1nc(C=CC(=O)Nc2nc3ccccc3[nH]2)cs1. The zero-order valence-electron chi connectivity index (χ0n) is 15.5. The van der Waals surface area contributed by atoms with Crippen LogP contribution in [0.3, 0.4) is 0 Å². The molecule has 2 N–H and O–H groups in total. The van der Waals surface area contributed by atoms with Crippen molar-refractivity contribution < 1.29 is 9.59 Å². The Kier molecular flexibility index (Phi) is 5.17. The molecule has 0 aliphatic heterocycles. The number of fused-ring (bicyclic) bond motifs is 1. The lowest BCUT2D eigenvalue weighted by Crippen LogP contribution is -2.22. The van der Waals surface area contributed by atoms with Crippen LogP contribution < -0.4 is 10.2 Å². The summed E-state index contributed by atoms with van der Waals surface area (Å²) >= 11 is 1.33. The van der Waals surface area contributed by atoms with E-state index >= 15 is 0 Å². The van der Waals surface area contributed by atoms with Crippen molar-refractivity contribution in [2.45, 2.75) is 6.92 Å². The lowest BCUT2D eigenvalue weighted by molar-refractivity contribution is -0.116. The molecule has 0 atom stereocenters. The number of aromatic amines is 1. The van der Waals surface area contributed by atoms with Crippen LogP contribution in [0, 0.1) is 0 Å². The highest BCUT2D eigenvalue weighted by Gasteiger charge is 2.17. The summed E-state index contributed by atoms with van der Waals surface area (Å²) in [5.41, 5.74) is 2.96. The maximum atomic E-state index is 12.2. The third-order valence-corrected chi connectivity index (χ3v) is 4.91. The molecule has 0 spiro atoms. The van der Waals surface area contributed by atoms with E-state index in [0.717, 1.165) is 16.7 Å². The molecule has 2 heterocycles. The molecule has 29 heavy (non-hydrogen) atoms. The largest absolute Gasteiger partial charge is 0.324 e. The minimum absolute atomic E-state index is 0.135. The van der Waals surface area contributed by atoms with Gasteiger partial charge < -0.3 is 4.98 Å². The average Bonchev–Trinajstić information content (AvgIpc) is 3.33. The molecule has 144 valence electrons. The number of hydrogen-bond donors (Lipinski definition) is 2. The van der Waals surface area contributed by atoms with E-state index in [1.807, 2.05) is 54.6 Å². The topological polar surface area (TPSA) is 91.0 Å². The lowest BCUT2D eigenvalue weighted by atomic mass is 10.3. The van der Waals surface area contributed by atoms with E-state index in [1.165, 1.54) is 29.2 Å². The number of thiazole rings is 1. The van der Waals surface area contributed by atoms with Gasteiger partial charge in [-0.05, 0) is 30.3 Å². The number of H-pyrrole nitrogens is 1. The molecule has 0 radical (unpaired) electrons. The van der Waals surface area contributed by atoms with E-state index in [9.17, 15) is 9.59 Å². The van der Waals surface area contributed by atoms with Crippen LogP contribution in [0.1, 0.15) is 12.6 Å². The van der Waals surface area contributed by atoms with Crippen LogP contribution in [-0.4, -0.2) is 26.8 Å². The number of amides is 2. The van der Waals surface area contributed by atoms with Crippen molar-refractivity contribution in [3.05, 3.63) is 71.7 Å². The molecular weight excluding hydrogens is 386 g/mol. The summed E-state index contributed by atoms with van der Waals surface area (Å²) in [4.78, 5) is 37.6. The Labute approximate surface area is 170 Å². The Bertz CT molecular complexity index is 1160. The van der Waals surface area contributed by atoms with Gasteiger partial charge in [0.2, 0.25) is 11.9 Å². The normalized spacial score (nSPS) is 11.1. The third kappa shape index (κ3) is 4.22. The molecule has 0 saturated carbocycles. The Morgan fingerprint density at radius 2 is 1.83 bits per heavy atom. The van der Waals surface area contributed by atoms with Crippen LogP contribution in [0.15, 0.2) is 66.1 Å². The Morgan fingerprint density at radius 3 is 2.59 bits per heavy atom. The maximum Gasteiger partial charge on any atom is 0.250 e. The van der Waals surface area contributed by atoms with Crippen LogP contribution in [0.2, 0.25) is 0 Å². The van der Waals surface area contributed by atoms with Gasteiger partial charge in [0.15, 0.2) is 5.13 Å².